The Kier molecular flexibility index (Phi) is 4.10. The molecule has 2 rings (SSSR count). The zero-order valence-electron chi connectivity index (χ0n) is 9.86. The second-order valence-corrected chi connectivity index (χ2v) is 3.27. The zero-order valence-corrected chi connectivity index (χ0v) is 9.86. The van der Waals surface area contributed by atoms with Gasteiger partial charge in [-0.05, 0) is 12.5 Å². The predicted octanol–water partition coefficient (Wildman–Crippen LogP) is 3.42. The maximum Gasteiger partial charge on any atom is 0.0568 e. The third kappa shape index (κ3) is 2.94. The Hall–Kier alpha value is -1.57. The lowest BCUT2D eigenvalue weighted by Crippen LogP contribution is -1.84. The second kappa shape index (κ2) is 5.35. The Morgan fingerprint density at radius 1 is 1.13 bits per heavy atom. The maximum absolute atomic E-state index is 4.14. The SMILES string of the molecule is CC.Cc1cccc(-c2cnn(C)c2)c1. The van der Waals surface area contributed by atoms with Crippen molar-refractivity contribution in [3.05, 3.63) is 42.2 Å². The molecule has 1 aromatic carbocycles. The predicted molar refractivity (Wildman–Crippen MR) is 64.7 cm³/mol. The number of benzene rings is 1. The van der Waals surface area contributed by atoms with Gasteiger partial charge in [0.15, 0.2) is 0 Å². The van der Waals surface area contributed by atoms with Gasteiger partial charge in [0.05, 0.1) is 6.20 Å². The van der Waals surface area contributed by atoms with Crippen molar-refractivity contribution in [2.24, 2.45) is 7.05 Å². The Morgan fingerprint density at radius 2 is 1.87 bits per heavy atom. The number of hydrogen-bond donors (Lipinski definition) is 0. The molecular formula is C13H18N2. The van der Waals surface area contributed by atoms with E-state index in [4.69, 9.17) is 0 Å². The fraction of sp³-hybridized carbons (Fsp3) is 0.308. The molecule has 0 radical (unpaired) electrons. The molecule has 0 saturated carbocycles. The van der Waals surface area contributed by atoms with E-state index in [-0.39, 0.29) is 0 Å². The Labute approximate surface area is 91.6 Å². The highest BCUT2D eigenvalue weighted by Gasteiger charge is 1.98. The molecule has 0 saturated heterocycles. The monoisotopic (exact) mass is 202 g/mol. The van der Waals surface area contributed by atoms with Crippen LogP contribution in [0.4, 0.5) is 0 Å². The Morgan fingerprint density at radius 3 is 2.40 bits per heavy atom. The summed E-state index contributed by atoms with van der Waals surface area (Å²) in [5.74, 6) is 0. The van der Waals surface area contributed by atoms with E-state index in [1.165, 1.54) is 16.7 Å². The quantitative estimate of drug-likeness (QED) is 0.692. The third-order valence-electron chi connectivity index (χ3n) is 2.06. The summed E-state index contributed by atoms with van der Waals surface area (Å²) in [6.45, 7) is 6.10. The van der Waals surface area contributed by atoms with Crippen LogP contribution in [0.25, 0.3) is 11.1 Å². The van der Waals surface area contributed by atoms with E-state index in [0.717, 1.165) is 0 Å². The molecule has 0 aliphatic heterocycles. The van der Waals surface area contributed by atoms with E-state index in [9.17, 15) is 0 Å². The molecule has 2 aromatic rings. The van der Waals surface area contributed by atoms with Crippen LogP contribution in [0.5, 0.6) is 0 Å². The van der Waals surface area contributed by atoms with Crippen LogP contribution in [0.15, 0.2) is 36.7 Å². The van der Waals surface area contributed by atoms with Gasteiger partial charge in [-0.1, -0.05) is 43.7 Å². The minimum Gasteiger partial charge on any atom is -0.275 e. The van der Waals surface area contributed by atoms with Crippen LogP contribution >= 0.6 is 0 Å². The summed E-state index contributed by atoms with van der Waals surface area (Å²) in [5.41, 5.74) is 3.68. The number of aromatic nitrogens is 2. The molecule has 0 amide bonds. The van der Waals surface area contributed by atoms with E-state index in [2.05, 4.69) is 36.3 Å². The van der Waals surface area contributed by atoms with Crippen molar-refractivity contribution in [2.45, 2.75) is 20.8 Å². The summed E-state index contributed by atoms with van der Waals surface area (Å²) in [5, 5.41) is 4.14. The molecular weight excluding hydrogens is 184 g/mol. The summed E-state index contributed by atoms with van der Waals surface area (Å²) >= 11 is 0. The molecule has 0 aliphatic carbocycles. The lowest BCUT2D eigenvalue weighted by molar-refractivity contribution is 0.768. The number of aryl methyl sites for hydroxylation is 2. The maximum atomic E-state index is 4.14. The van der Waals surface area contributed by atoms with Gasteiger partial charge in [-0.3, -0.25) is 4.68 Å². The molecule has 0 unspecified atom stereocenters. The van der Waals surface area contributed by atoms with Crippen molar-refractivity contribution in [2.75, 3.05) is 0 Å². The molecule has 0 atom stereocenters. The van der Waals surface area contributed by atoms with Gasteiger partial charge in [-0.25, -0.2) is 0 Å². The van der Waals surface area contributed by atoms with Gasteiger partial charge in [-0.15, -0.1) is 0 Å². The summed E-state index contributed by atoms with van der Waals surface area (Å²) < 4.78 is 1.82. The topological polar surface area (TPSA) is 17.8 Å². The fourth-order valence-corrected chi connectivity index (χ4v) is 1.39. The standard InChI is InChI=1S/C11H12N2.C2H6/c1-9-4-3-5-10(6-9)11-7-12-13(2)8-11;1-2/h3-8H,1-2H3;1-2H3. The van der Waals surface area contributed by atoms with Gasteiger partial charge in [0.1, 0.15) is 0 Å². The van der Waals surface area contributed by atoms with Crippen molar-refractivity contribution in [3.8, 4) is 11.1 Å². The lowest BCUT2D eigenvalue weighted by atomic mass is 10.1. The first-order chi connectivity index (χ1) is 7.25. The smallest absolute Gasteiger partial charge is 0.0568 e. The van der Waals surface area contributed by atoms with Gasteiger partial charge in [0, 0.05) is 18.8 Å². The highest BCUT2D eigenvalue weighted by Crippen LogP contribution is 2.18. The highest BCUT2D eigenvalue weighted by molar-refractivity contribution is 5.62. The molecule has 0 N–H and O–H groups in total. The highest BCUT2D eigenvalue weighted by atomic mass is 15.2. The molecule has 2 nitrogen and oxygen atoms in total. The van der Waals surface area contributed by atoms with Crippen LogP contribution in [-0.4, -0.2) is 9.78 Å². The normalized spacial score (nSPS) is 9.33. The average Bonchev–Trinajstić information content (AvgIpc) is 2.68. The molecule has 15 heavy (non-hydrogen) atoms. The molecule has 1 aromatic heterocycles. The Bertz CT molecular complexity index is 416. The fourth-order valence-electron chi connectivity index (χ4n) is 1.39. The van der Waals surface area contributed by atoms with Crippen molar-refractivity contribution in [1.82, 2.24) is 9.78 Å². The van der Waals surface area contributed by atoms with Gasteiger partial charge in [-0.2, -0.15) is 5.10 Å². The minimum atomic E-state index is 1.17. The van der Waals surface area contributed by atoms with Crippen LogP contribution in [0.2, 0.25) is 0 Å². The van der Waals surface area contributed by atoms with Gasteiger partial charge in [0.2, 0.25) is 0 Å². The van der Waals surface area contributed by atoms with Gasteiger partial charge in [0.25, 0.3) is 0 Å². The minimum absolute atomic E-state index is 1.17. The third-order valence-corrected chi connectivity index (χ3v) is 2.06. The number of nitrogens with zero attached hydrogens (tertiary/aromatic N) is 2. The largest absolute Gasteiger partial charge is 0.275 e. The second-order valence-electron chi connectivity index (χ2n) is 3.27. The van der Waals surface area contributed by atoms with E-state index in [0.29, 0.717) is 0 Å². The Balaban J connectivity index is 0.000000531. The summed E-state index contributed by atoms with van der Waals surface area (Å²) in [6.07, 6.45) is 3.91. The van der Waals surface area contributed by atoms with E-state index in [1.54, 1.807) is 0 Å². The molecule has 0 spiro atoms. The van der Waals surface area contributed by atoms with Crippen LogP contribution in [-0.2, 0) is 7.05 Å². The molecule has 1 heterocycles. The average molecular weight is 202 g/mol. The first-order valence-corrected chi connectivity index (χ1v) is 5.31. The molecule has 80 valence electrons. The van der Waals surface area contributed by atoms with Crippen LogP contribution in [0.1, 0.15) is 19.4 Å². The van der Waals surface area contributed by atoms with E-state index >= 15 is 0 Å². The summed E-state index contributed by atoms with van der Waals surface area (Å²) in [4.78, 5) is 0. The van der Waals surface area contributed by atoms with E-state index < -0.39 is 0 Å². The van der Waals surface area contributed by atoms with Crippen molar-refractivity contribution < 1.29 is 0 Å². The molecule has 0 bridgehead atoms. The summed E-state index contributed by atoms with van der Waals surface area (Å²) in [6, 6.07) is 8.43. The first-order valence-electron chi connectivity index (χ1n) is 5.31. The first kappa shape index (κ1) is 11.5. The van der Waals surface area contributed by atoms with Crippen molar-refractivity contribution in [3.63, 3.8) is 0 Å². The van der Waals surface area contributed by atoms with E-state index in [1.807, 2.05) is 38.0 Å². The molecule has 0 fully saturated rings. The lowest BCUT2D eigenvalue weighted by Gasteiger charge is -1.97. The van der Waals surface area contributed by atoms with Crippen LogP contribution in [0.3, 0.4) is 0 Å². The molecule has 0 aliphatic rings. The summed E-state index contributed by atoms with van der Waals surface area (Å²) in [7, 11) is 1.93. The number of rotatable bonds is 1. The molecule has 2 heteroatoms. The zero-order chi connectivity index (χ0) is 11.3. The van der Waals surface area contributed by atoms with Gasteiger partial charge >= 0.3 is 0 Å². The van der Waals surface area contributed by atoms with Gasteiger partial charge < -0.3 is 0 Å². The van der Waals surface area contributed by atoms with Crippen LogP contribution in [0, 0.1) is 6.92 Å². The van der Waals surface area contributed by atoms with Crippen molar-refractivity contribution in [1.29, 1.82) is 0 Å². The van der Waals surface area contributed by atoms with Crippen LogP contribution < -0.4 is 0 Å². The van der Waals surface area contributed by atoms with Crippen molar-refractivity contribution >= 4 is 0 Å². The number of hydrogen-bond acceptors (Lipinski definition) is 1.